The largest absolute Gasteiger partial charge is 0.309 e. The smallest absolute Gasteiger partial charge is 0.0619 e. The van der Waals surface area contributed by atoms with E-state index in [1.807, 2.05) is 0 Å². The van der Waals surface area contributed by atoms with Crippen LogP contribution < -0.4 is 0 Å². The van der Waals surface area contributed by atoms with Gasteiger partial charge in [0.2, 0.25) is 0 Å². The molecule has 2 aromatic heterocycles. The van der Waals surface area contributed by atoms with Gasteiger partial charge in [-0.05, 0) is 129 Å². The second-order valence-electron chi connectivity index (χ2n) is 15.9. The van der Waals surface area contributed by atoms with E-state index in [2.05, 4.69) is 217 Å². The molecule has 2 heteroatoms. The lowest BCUT2D eigenvalue weighted by Gasteiger charge is -2.12. The van der Waals surface area contributed by atoms with Gasteiger partial charge in [-0.2, -0.15) is 0 Å². The highest BCUT2D eigenvalue weighted by molar-refractivity contribution is 6.19. The third-order valence-corrected chi connectivity index (χ3v) is 12.8. The molecule has 0 saturated carbocycles. The maximum atomic E-state index is 2.46. The van der Waals surface area contributed by atoms with Crippen molar-refractivity contribution in [3.8, 4) is 44.8 Å². The van der Waals surface area contributed by atoms with Crippen molar-refractivity contribution in [2.24, 2.45) is 0 Å². The van der Waals surface area contributed by atoms with Crippen molar-refractivity contribution in [3.63, 3.8) is 0 Å². The SMILES string of the molecule is C/C=C1/c2cc(-c3cccc(-n4c5ccccc5c5ccc(-c6ccc7c(c6)c6ccc8ccccc8c6n7-c6ccccc6)cc54)c3)ccc2-c2cccc(CC)c21. The Balaban J connectivity index is 1.01. The van der Waals surface area contributed by atoms with Gasteiger partial charge >= 0.3 is 0 Å². The highest BCUT2D eigenvalue weighted by Gasteiger charge is 2.25. The molecular formula is C57H40N2. The first-order valence-electron chi connectivity index (χ1n) is 20.8. The zero-order chi connectivity index (χ0) is 39.2. The molecule has 9 aromatic carbocycles. The van der Waals surface area contributed by atoms with Crippen LogP contribution in [-0.4, -0.2) is 9.13 Å². The summed E-state index contributed by atoms with van der Waals surface area (Å²) in [6.07, 6.45) is 3.31. The standard InChI is InChI=1S/C57H40N2/c1-3-36-15-13-22-49-46-28-25-39(33-51(46)44(4-2)56(36)49)38-16-12-19-43(32-38)58-53-23-11-10-21-47(53)48-29-26-41(35-55(48)58)40-27-31-54-52(34-40)50-30-24-37-14-8-9-20-45(37)57(50)59(54)42-17-6-5-7-18-42/h4-35H,3H2,1-2H3/b44-4-. The molecule has 0 aliphatic heterocycles. The van der Waals surface area contributed by atoms with Crippen LogP contribution in [0.4, 0.5) is 0 Å². The zero-order valence-electron chi connectivity index (χ0n) is 33.1. The lowest BCUT2D eigenvalue weighted by molar-refractivity contribution is 1.13. The summed E-state index contributed by atoms with van der Waals surface area (Å²) in [5.74, 6) is 0. The van der Waals surface area contributed by atoms with Crippen LogP contribution in [0.5, 0.6) is 0 Å². The normalized spacial score (nSPS) is 13.0. The van der Waals surface area contributed by atoms with Crippen molar-refractivity contribution >= 4 is 60.0 Å². The Hall–Kier alpha value is -7.42. The average molecular weight is 753 g/mol. The topological polar surface area (TPSA) is 9.86 Å². The Bertz CT molecular complexity index is 3540. The van der Waals surface area contributed by atoms with E-state index in [0.29, 0.717) is 0 Å². The number of benzene rings is 9. The molecule has 0 bridgehead atoms. The zero-order valence-corrected chi connectivity index (χ0v) is 33.1. The molecule has 0 saturated heterocycles. The van der Waals surface area contributed by atoms with E-state index >= 15 is 0 Å². The van der Waals surface area contributed by atoms with Crippen LogP contribution in [0.2, 0.25) is 0 Å². The van der Waals surface area contributed by atoms with E-state index in [4.69, 9.17) is 0 Å². The number of rotatable bonds is 5. The molecule has 278 valence electrons. The monoisotopic (exact) mass is 752 g/mol. The van der Waals surface area contributed by atoms with Crippen molar-refractivity contribution in [2.75, 3.05) is 0 Å². The third kappa shape index (κ3) is 5.00. The van der Waals surface area contributed by atoms with Gasteiger partial charge in [0.05, 0.1) is 22.1 Å². The summed E-state index contributed by atoms with van der Waals surface area (Å²) in [7, 11) is 0. The molecule has 0 fully saturated rings. The third-order valence-electron chi connectivity index (χ3n) is 12.8. The molecule has 11 aromatic rings. The Morgan fingerprint density at radius 3 is 1.97 bits per heavy atom. The number of aryl methyl sites for hydroxylation is 1. The van der Waals surface area contributed by atoms with Crippen molar-refractivity contribution in [3.05, 3.63) is 211 Å². The average Bonchev–Trinajstić information content (AvgIpc) is 3.94. The molecule has 59 heavy (non-hydrogen) atoms. The fraction of sp³-hybridized carbons (Fsp3) is 0.0526. The van der Waals surface area contributed by atoms with E-state index in [-0.39, 0.29) is 0 Å². The number of nitrogens with zero attached hydrogens (tertiary/aromatic N) is 2. The Labute approximate surface area is 343 Å². The molecule has 0 N–H and O–H groups in total. The summed E-state index contributed by atoms with van der Waals surface area (Å²) < 4.78 is 4.89. The van der Waals surface area contributed by atoms with Crippen molar-refractivity contribution in [1.29, 1.82) is 0 Å². The van der Waals surface area contributed by atoms with Gasteiger partial charge in [0.1, 0.15) is 0 Å². The van der Waals surface area contributed by atoms with E-state index in [1.165, 1.54) is 116 Å². The number of para-hydroxylation sites is 2. The van der Waals surface area contributed by atoms with Crippen LogP contribution >= 0.6 is 0 Å². The van der Waals surface area contributed by atoms with Gasteiger partial charge in [0.15, 0.2) is 0 Å². The first-order chi connectivity index (χ1) is 29.2. The number of fused-ring (bicyclic) bond motifs is 11. The Morgan fingerprint density at radius 1 is 0.407 bits per heavy atom. The number of hydrogen-bond donors (Lipinski definition) is 0. The Morgan fingerprint density at radius 2 is 1.08 bits per heavy atom. The predicted octanol–water partition coefficient (Wildman–Crippen LogP) is 15.4. The minimum atomic E-state index is 1.02. The molecule has 1 aliphatic rings. The van der Waals surface area contributed by atoms with Gasteiger partial charge in [-0.3, -0.25) is 0 Å². The van der Waals surface area contributed by atoms with Crippen molar-refractivity contribution in [2.45, 2.75) is 20.3 Å². The molecular weight excluding hydrogens is 713 g/mol. The summed E-state index contributed by atoms with van der Waals surface area (Å²) in [5, 5.41) is 7.54. The molecule has 0 radical (unpaired) electrons. The number of allylic oxidation sites excluding steroid dienone is 1. The fourth-order valence-corrected chi connectivity index (χ4v) is 10.1. The molecule has 0 unspecified atom stereocenters. The second-order valence-corrected chi connectivity index (χ2v) is 15.9. The summed E-state index contributed by atoms with van der Waals surface area (Å²) in [5.41, 5.74) is 20.2. The van der Waals surface area contributed by atoms with Gasteiger partial charge in [0.25, 0.3) is 0 Å². The lowest BCUT2D eigenvalue weighted by atomic mass is 9.96. The van der Waals surface area contributed by atoms with Crippen LogP contribution in [-0.2, 0) is 6.42 Å². The maximum Gasteiger partial charge on any atom is 0.0619 e. The van der Waals surface area contributed by atoms with Crippen LogP contribution in [0, 0.1) is 0 Å². The van der Waals surface area contributed by atoms with E-state index in [9.17, 15) is 0 Å². The molecule has 2 nitrogen and oxygen atoms in total. The van der Waals surface area contributed by atoms with E-state index < -0.39 is 0 Å². The Kier molecular flexibility index (Phi) is 7.46. The number of aromatic nitrogens is 2. The molecule has 0 amide bonds. The summed E-state index contributed by atoms with van der Waals surface area (Å²) >= 11 is 0. The van der Waals surface area contributed by atoms with Crippen LogP contribution in [0.15, 0.2) is 194 Å². The lowest BCUT2D eigenvalue weighted by Crippen LogP contribution is -1.95. The fourth-order valence-electron chi connectivity index (χ4n) is 10.1. The van der Waals surface area contributed by atoms with Crippen molar-refractivity contribution < 1.29 is 0 Å². The molecule has 2 heterocycles. The highest BCUT2D eigenvalue weighted by Crippen LogP contribution is 2.47. The van der Waals surface area contributed by atoms with Crippen LogP contribution in [0.3, 0.4) is 0 Å². The van der Waals surface area contributed by atoms with Gasteiger partial charge in [0, 0.05) is 38.3 Å². The first-order valence-corrected chi connectivity index (χ1v) is 20.8. The molecule has 0 spiro atoms. The summed E-state index contributed by atoms with van der Waals surface area (Å²) in [6, 6.07) is 69.8. The quantitative estimate of drug-likeness (QED) is 0.166. The van der Waals surface area contributed by atoms with Gasteiger partial charge in [-0.1, -0.05) is 146 Å². The maximum absolute atomic E-state index is 2.46. The van der Waals surface area contributed by atoms with E-state index in [1.54, 1.807) is 0 Å². The van der Waals surface area contributed by atoms with Crippen LogP contribution in [0.25, 0.3) is 105 Å². The van der Waals surface area contributed by atoms with Crippen molar-refractivity contribution in [1.82, 2.24) is 9.13 Å². The van der Waals surface area contributed by atoms with E-state index in [0.717, 1.165) is 12.1 Å². The predicted molar refractivity (Wildman–Crippen MR) is 251 cm³/mol. The van der Waals surface area contributed by atoms with Gasteiger partial charge in [-0.25, -0.2) is 0 Å². The first kappa shape index (κ1) is 33.7. The number of hydrogen-bond acceptors (Lipinski definition) is 0. The minimum Gasteiger partial charge on any atom is -0.309 e. The summed E-state index contributed by atoms with van der Waals surface area (Å²) in [4.78, 5) is 0. The van der Waals surface area contributed by atoms with Crippen LogP contribution in [0.1, 0.15) is 30.5 Å². The molecule has 12 rings (SSSR count). The minimum absolute atomic E-state index is 1.02. The highest BCUT2D eigenvalue weighted by atomic mass is 15.0. The van der Waals surface area contributed by atoms with Gasteiger partial charge in [-0.15, -0.1) is 0 Å². The molecule has 0 atom stereocenters. The summed E-state index contributed by atoms with van der Waals surface area (Å²) in [6.45, 7) is 4.43. The second kappa shape index (κ2) is 13.1. The molecule has 1 aliphatic carbocycles. The van der Waals surface area contributed by atoms with Gasteiger partial charge < -0.3 is 9.13 Å².